The molecule has 2 atom stereocenters. The summed E-state index contributed by atoms with van der Waals surface area (Å²) in [4.78, 5) is 43.5. The van der Waals surface area contributed by atoms with Crippen molar-refractivity contribution in [3.05, 3.63) is 47.8 Å². The molecular formula is C20H22F3N5O3. The van der Waals surface area contributed by atoms with Crippen LogP contribution in [-0.4, -0.2) is 56.3 Å². The van der Waals surface area contributed by atoms with Gasteiger partial charge >= 0.3 is 0 Å². The Bertz CT molecular complexity index is 971. The van der Waals surface area contributed by atoms with Crippen LogP contribution in [0, 0.1) is 17.7 Å². The smallest absolute Gasteiger partial charge is 0.287 e. The number of nitrogens with zero attached hydrogens (tertiary/aromatic N) is 4. The van der Waals surface area contributed by atoms with Crippen molar-refractivity contribution >= 4 is 17.6 Å². The molecule has 166 valence electrons. The van der Waals surface area contributed by atoms with Gasteiger partial charge < -0.3 is 10.2 Å². The quantitative estimate of drug-likeness (QED) is 0.624. The molecule has 0 bridgehead atoms. The number of carbonyl (C=O) groups excluding carboxylic acids is 3. The average molecular weight is 437 g/mol. The lowest BCUT2D eigenvalue weighted by atomic mass is 9.86. The molecule has 2 amide bonds. The molecule has 0 radical (unpaired) electrons. The summed E-state index contributed by atoms with van der Waals surface area (Å²) in [6.45, 7) is -0.347. The molecule has 1 saturated heterocycles. The van der Waals surface area contributed by atoms with Gasteiger partial charge in [0.05, 0.1) is 24.9 Å². The molecule has 0 aliphatic carbocycles. The van der Waals surface area contributed by atoms with Gasteiger partial charge in [-0.05, 0) is 24.1 Å². The Kier molecular flexibility index (Phi) is 6.42. The van der Waals surface area contributed by atoms with E-state index in [4.69, 9.17) is 0 Å². The van der Waals surface area contributed by atoms with Gasteiger partial charge in [0, 0.05) is 20.5 Å². The van der Waals surface area contributed by atoms with Gasteiger partial charge in [-0.1, -0.05) is 12.1 Å². The highest BCUT2D eigenvalue weighted by molar-refractivity contribution is 6.37. The number of carbonyl (C=O) groups is 3. The SMILES string of the molecule is Cn1ncnc1CN1C[C@H](C(=O)C(=O)NCC(C)(F)F)[C@@H](Cc2ccc(F)cc2)C1=O. The van der Waals surface area contributed by atoms with Gasteiger partial charge in [-0.2, -0.15) is 5.10 Å². The summed E-state index contributed by atoms with van der Waals surface area (Å²) >= 11 is 0. The Hall–Kier alpha value is -3.24. The summed E-state index contributed by atoms with van der Waals surface area (Å²) in [5.41, 5.74) is 0.610. The van der Waals surface area contributed by atoms with Crippen LogP contribution in [-0.2, 0) is 34.4 Å². The predicted molar refractivity (Wildman–Crippen MR) is 102 cm³/mol. The van der Waals surface area contributed by atoms with E-state index in [0.29, 0.717) is 18.3 Å². The summed E-state index contributed by atoms with van der Waals surface area (Å²) in [6.07, 6.45) is 1.43. The highest BCUT2D eigenvalue weighted by Crippen LogP contribution is 2.30. The average Bonchev–Trinajstić information content (AvgIpc) is 3.25. The number of nitrogens with one attached hydrogen (secondary N) is 1. The van der Waals surface area contributed by atoms with Gasteiger partial charge in [0.15, 0.2) is 0 Å². The Morgan fingerprint density at radius 1 is 1.26 bits per heavy atom. The van der Waals surface area contributed by atoms with Crippen molar-refractivity contribution in [2.45, 2.75) is 25.8 Å². The second-order valence-corrected chi connectivity index (χ2v) is 7.68. The highest BCUT2D eigenvalue weighted by atomic mass is 19.3. The number of ketones is 1. The number of Topliss-reactive ketones (excluding diaryl/α,β-unsaturated/α-hetero) is 1. The minimum absolute atomic E-state index is 0.0632. The van der Waals surface area contributed by atoms with Gasteiger partial charge in [0.1, 0.15) is 18.0 Å². The summed E-state index contributed by atoms with van der Waals surface area (Å²) < 4.78 is 40.8. The molecule has 1 fully saturated rings. The molecule has 1 aliphatic heterocycles. The number of aryl methyl sites for hydroxylation is 1. The number of benzene rings is 1. The molecule has 1 N–H and O–H groups in total. The third-order valence-electron chi connectivity index (χ3n) is 5.16. The molecule has 1 aromatic carbocycles. The predicted octanol–water partition coefficient (Wildman–Crippen LogP) is 1.11. The van der Waals surface area contributed by atoms with Gasteiger partial charge in [-0.3, -0.25) is 19.1 Å². The highest BCUT2D eigenvalue weighted by Gasteiger charge is 2.46. The Labute approximate surface area is 176 Å². The summed E-state index contributed by atoms with van der Waals surface area (Å²) in [5, 5.41) is 5.87. The maximum atomic E-state index is 13.2. The molecule has 0 unspecified atom stereocenters. The van der Waals surface area contributed by atoms with Crippen LogP contribution in [0.25, 0.3) is 0 Å². The zero-order valence-electron chi connectivity index (χ0n) is 17.0. The number of hydrogen-bond donors (Lipinski definition) is 1. The van der Waals surface area contributed by atoms with E-state index in [2.05, 4.69) is 10.1 Å². The fourth-order valence-electron chi connectivity index (χ4n) is 3.50. The van der Waals surface area contributed by atoms with Crippen LogP contribution in [0.15, 0.2) is 30.6 Å². The molecule has 2 aromatic rings. The van der Waals surface area contributed by atoms with Crippen LogP contribution in [0.3, 0.4) is 0 Å². The van der Waals surface area contributed by atoms with Gasteiger partial charge in [-0.15, -0.1) is 0 Å². The number of halogens is 3. The van der Waals surface area contributed by atoms with E-state index in [9.17, 15) is 27.6 Å². The first-order valence-electron chi connectivity index (χ1n) is 9.61. The summed E-state index contributed by atoms with van der Waals surface area (Å²) in [7, 11) is 1.65. The van der Waals surface area contributed by atoms with Crippen molar-refractivity contribution in [3.8, 4) is 0 Å². The second kappa shape index (κ2) is 8.86. The lowest BCUT2D eigenvalue weighted by Gasteiger charge is -2.16. The topological polar surface area (TPSA) is 97.2 Å². The Balaban J connectivity index is 1.81. The first-order valence-corrected chi connectivity index (χ1v) is 9.61. The molecule has 11 heteroatoms. The molecule has 8 nitrogen and oxygen atoms in total. The Morgan fingerprint density at radius 2 is 1.94 bits per heavy atom. The fraction of sp³-hybridized carbons (Fsp3) is 0.450. The molecule has 1 aromatic heterocycles. The molecule has 31 heavy (non-hydrogen) atoms. The number of alkyl halides is 2. The van der Waals surface area contributed by atoms with E-state index in [0.717, 1.165) is 0 Å². The minimum atomic E-state index is -3.17. The zero-order valence-corrected chi connectivity index (χ0v) is 17.0. The zero-order chi connectivity index (χ0) is 22.8. The molecule has 1 aliphatic rings. The number of rotatable bonds is 8. The molecule has 2 heterocycles. The van der Waals surface area contributed by atoms with Gasteiger partial charge in [0.25, 0.3) is 11.8 Å². The standard InChI is InChI=1S/C20H22F3N5O3/c1-20(22,23)10-24-18(30)17(29)15-8-28(9-16-25-11-26-27(16)2)19(31)14(15)7-12-3-5-13(21)6-4-12/h3-6,11,14-15H,7-10H2,1-2H3,(H,24,30)/t14-,15+/m1/s1. The van der Waals surface area contributed by atoms with E-state index < -0.39 is 41.8 Å². The lowest BCUT2D eigenvalue weighted by Crippen LogP contribution is -2.42. The van der Waals surface area contributed by atoms with Crippen LogP contribution in [0.4, 0.5) is 13.2 Å². The third-order valence-corrected chi connectivity index (χ3v) is 5.16. The van der Waals surface area contributed by atoms with Gasteiger partial charge in [-0.25, -0.2) is 18.2 Å². The first-order chi connectivity index (χ1) is 14.5. The monoisotopic (exact) mass is 437 g/mol. The van der Waals surface area contributed by atoms with Crippen molar-refractivity contribution in [2.24, 2.45) is 18.9 Å². The van der Waals surface area contributed by atoms with Crippen molar-refractivity contribution in [3.63, 3.8) is 0 Å². The number of aromatic nitrogens is 3. The lowest BCUT2D eigenvalue weighted by molar-refractivity contribution is -0.142. The number of amides is 2. The van der Waals surface area contributed by atoms with Crippen molar-refractivity contribution in [1.82, 2.24) is 25.0 Å². The maximum absolute atomic E-state index is 13.2. The van der Waals surface area contributed by atoms with E-state index in [1.807, 2.05) is 5.32 Å². The van der Waals surface area contributed by atoms with Crippen LogP contribution in [0.1, 0.15) is 18.3 Å². The summed E-state index contributed by atoms with van der Waals surface area (Å²) in [5.74, 6) is -7.54. The van der Waals surface area contributed by atoms with Crippen molar-refractivity contribution in [1.29, 1.82) is 0 Å². The fourth-order valence-corrected chi connectivity index (χ4v) is 3.50. The molecular weight excluding hydrogens is 415 g/mol. The Morgan fingerprint density at radius 3 is 2.52 bits per heavy atom. The van der Waals surface area contributed by atoms with Crippen molar-refractivity contribution in [2.75, 3.05) is 13.1 Å². The first kappa shape index (κ1) is 22.4. The molecule has 3 rings (SSSR count). The van der Waals surface area contributed by atoms with E-state index in [1.54, 1.807) is 7.05 Å². The van der Waals surface area contributed by atoms with Crippen molar-refractivity contribution < 1.29 is 27.6 Å². The second-order valence-electron chi connectivity index (χ2n) is 7.68. The minimum Gasteiger partial charge on any atom is -0.343 e. The van der Waals surface area contributed by atoms with E-state index >= 15 is 0 Å². The summed E-state index contributed by atoms with van der Waals surface area (Å²) in [6, 6.07) is 5.46. The maximum Gasteiger partial charge on any atom is 0.287 e. The van der Waals surface area contributed by atoms with Crippen LogP contribution < -0.4 is 5.32 Å². The normalized spacial score (nSPS) is 19.0. The van der Waals surface area contributed by atoms with Crippen LogP contribution in [0.5, 0.6) is 0 Å². The number of likely N-dealkylation sites (tertiary alicyclic amines) is 1. The van der Waals surface area contributed by atoms with Gasteiger partial charge in [0.2, 0.25) is 11.7 Å². The van der Waals surface area contributed by atoms with Crippen LogP contribution in [0.2, 0.25) is 0 Å². The van der Waals surface area contributed by atoms with E-state index in [1.165, 1.54) is 40.2 Å². The molecule has 0 spiro atoms. The largest absolute Gasteiger partial charge is 0.343 e. The third kappa shape index (κ3) is 5.47. The number of hydrogen-bond acceptors (Lipinski definition) is 5. The van der Waals surface area contributed by atoms with Crippen LogP contribution >= 0.6 is 0 Å². The molecule has 0 saturated carbocycles. The van der Waals surface area contributed by atoms with E-state index in [-0.39, 0.29) is 25.4 Å².